The molecule has 1 nitrogen and oxygen atoms in total. The summed E-state index contributed by atoms with van der Waals surface area (Å²) in [6.07, 6.45) is 1.62. The summed E-state index contributed by atoms with van der Waals surface area (Å²) in [4.78, 5) is 0. The van der Waals surface area contributed by atoms with Crippen molar-refractivity contribution in [2.45, 2.75) is 45.6 Å². The standard InChI is InChI=1S/C14H19F2N/c1-4-14(3)10(7-13(14)17)9-6-11(15)8(2)5-12(9)16/h5-6,10,13H,4,7,17H2,1-3H3. The Kier molecular flexibility index (Phi) is 2.98. The lowest BCUT2D eigenvalue weighted by molar-refractivity contribution is 0.0680. The second-order valence-corrected chi connectivity index (χ2v) is 5.38. The Morgan fingerprint density at radius 2 is 2.00 bits per heavy atom. The van der Waals surface area contributed by atoms with Crippen LogP contribution in [-0.2, 0) is 0 Å². The molecular weight excluding hydrogens is 220 g/mol. The van der Waals surface area contributed by atoms with E-state index in [4.69, 9.17) is 5.73 Å². The van der Waals surface area contributed by atoms with Crippen molar-refractivity contribution >= 4 is 0 Å². The highest BCUT2D eigenvalue weighted by molar-refractivity contribution is 5.32. The molecule has 0 bridgehead atoms. The van der Waals surface area contributed by atoms with Crippen molar-refractivity contribution in [1.29, 1.82) is 0 Å². The summed E-state index contributed by atoms with van der Waals surface area (Å²) in [7, 11) is 0. The van der Waals surface area contributed by atoms with E-state index in [9.17, 15) is 8.78 Å². The van der Waals surface area contributed by atoms with Crippen LogP contribution in [0.3, 0.4) is 0 Å². The first-order valence-corrected chi connectivity index (χ1v) is 6.11. The molecule has 0 heterocycles. The van der Waals surface area contributed by atoms with Gasteiger partial charge in [0, 0.05) is 6.04 Å². The largest absolute Gasteiger partial charge is 0.327 e. The van der Waals surface area contributed by atoms with Gasteiger partial charge < -0.3 is 5.73 Å². The fourth-order valence-corrected chi connectivity index (χ4v) is 2.81. The van der Waals surface area contributed by atoms with E-state index in [1.165, 1.54) is 12.1 Å². The van der Waals surface area contributed by atoms with Crippen LogP contribution < -0.4 is 5.73 Å². The summed E-state index contributed by atoms with van der Waals surface area (Å²) in [6.45, 7) is 5.69. The van der Waals surface area contributed by atoms with Crippen LogP contribution in [0.1, 0.15) is 43.7 Å². The molecule has 0 amide bonds. The summed E-state index contributed by atoms with van der Waals surface area (Å²) < 4.78 is 27.4. The number of rotatable bonds is 2. The summed E-state index contributed by atoms with van der Waals surface area (Å²) >= 11 is 0. The number of nitrogens with two attached hydrogens (primary N) is 1. The number of hydrogen-bond acceptors (Lipinski definition) is 1. The van der Waals surface area contributed by atoms with Gasteiger partial charge >= 0.3 is 0 Å². The lowest BCUT2D eigenvalue weighted by atomic mass is 9.54. The zero-order valence-electron chi connectivity index (χ0n) is 10.6. The maximum atomic E-state index is 13.9. The predicted octanol–water partition coefficient (Wildman–Crippen LogP) is 3.50. The highest BCUT2D eigenvalue weighted by Gasteiger charge is 2.49. The molecular formula is C14H19F2N. The molecule has 0 radical (unpaired) electrons. The minimum atomic E-state index is -0.333. The van der Waals surface area contributed by atoms with Crippen molar-refractivity contribution < 1.29 is 8.78 Å². The van der Waals surface area contributed by atoms with Gasteiger partial charge in [-0.05, 0) is 54.4 Å². The van der Waals surface area contributed by atoms with E-state index in [1.54, 1.807) is 6.92 Å². The molecule has 94 valence electrons. The molecule has 1 saturated carbocycles. The first kappa shape index (κ1) is 12.5. The molecule has 2 rings (SSSR count). The molecule has 1 aliphatic carbocycles. The van der Waals surface area contributed by atoms with Crippen LogP contribution in [0.25, 0.3) is 0 Å². The van der Waals surface area contributed by atoms with Crippen LogP contribution in [0.15, 0.2) is 12.1 Å². The molecule has 0 aromatic heterocycles. The Bertz CT molecular complexity index is 444. The molecule has 0 saturated heterocycles. The van der Waals surface area contributed by atoms with Crippen molar-refractivity contribution in [3.63, 3.8) is 0 Å². The van der Waals surface area contributed by atoms with Crippen LogP contribution in [0.4, 0.5) is 8.78 Å². The molecule has 1 aliphatic rings. The second-order valence-electron chi connectivity index (χ2n) is 5.38. The van der Waals surface area contributed by atoms with Gasteiger partial charge in [0.15, 0.2) is 0 Å². The van der Waals surface area contributed by atoms with Crippen LogP contribution in [-0.4, -0.2) is 6.04 Å². The fraction of sp³-hybridized carbons (Fsp3) is 0.571. The molecule has 2 N–H and O–H groups in total. The van der Waals surface area contributed by atoms with E-state index < -0.39 is 0 Å². The van der Waals surface area contributed by atoms with Crippen LogP contribution in [0.5, 0.6) is 0 Å². The zero-order chi connectivity index (χ0) is 12.8. The number of halogens is 2. The monoisotopic (exact) mass is 239 g/mol. The smallest absolute Gasteiger partial charge is 0.127 e. The minimum Gasteiger partial charge on any atom is -0.327 e. The van der Waals surface area contributed by atoms with E-state index in [0.717, 1.165) is 12.8 Å². The highest BCUT2D eigenvalue weighted by Crippen LogP contribution is 2.54. The van der Waals surface area contributed by atoms with Crippen LogP contribution in [0.2, 0.25) is 0 Å². The maximum absolute atomic E-state index is 13.9. The average molecular weight is 239 g/mol. The Labute approximate surface area is 101 Å². The predicted molar refractivity (Wildman–Crippen MR) is 64.8 cm³/mol. The Morgan fingerprint density at radius 3 is 2.53 bits per heavy atom. The number of aryl methyl sites for hydroxylation is 1. The number of benzene rings is 1. The first-order chi connectivity index (χ1) is 7.90. The van der Waals surface area contributed by atoms with Crippen LogP contribution >= 0.6 is 0 Å². The first-order valence-electron chi connectivity index (χ1n) is 6.11. The van der Waals surface area contributed by atoms with Crippen molar-refractivity contribution in [3.8, 4) is 0 Å². The second kappa shape index (κ2) is 4.05. The molecule has 1 aromatic rings. The molecule has 3 unspecified atom stereocenters. The van der Waals surface area contributed by atoms with Crippen molar-refractivity contribution in [2.75, 3.05) is 0 Å². The highest BCUT2D eigenvalue weighted by atomic mass is 19.1. The third-order valence-corrected chi connectivity index (χ3v) is 4.55. The third-order valence-electron chi connectivity index (χ3n) is 4.55. The molecule has 0 aliphatic heterocycles. The van der Waals surface area contributed by atoms with Gasteiger partial charge in [-0.15, -0.1) is 0 Å². The topological polar surface area (TPSA) is 26.0 Å². The quantitative estimate of drug-likeness (QED) is 0.839. The SMILES string of the molecule is CCC1(C)C(N)CC1c1cc(F)c(C)cc1F. The maximum Gasteiger partial charge on any atom is 0.127 e. The molecule has 1 aromatic carbocycles. The van der Waals surface area contributed by atoms with E-state index in [2.05, 4.69) is 13.8 Å². The lowest BCUT2D eigenvalue weighted by Crippen LogP contribution is -2.54. The van der Waals surface area contributed by atoms with E-state index in [1.807, 2.05) is 0 Å². The van der Waals surface area contributed by atoms with Gasteiger partial charge in [-0.3, -0.25) is 0 Å². The van der Waals surface area contributed by atoms with Gasteiger partial charge in [-0.1, -0.05) is 13.8 Å². The molecule has 17 heavy (non-hydrogen) atoms. The van der Waals surface area contributed by atoms with E-state index in [-0.39, 0.29) is 29.0 Å². The number of hydrogen-bond donors (Lipinski definition) is 1. The Hall–Kier alpha value is -0.960. The van der Waals surface area contributed by atoms with Gasteiger partial charge in [0.25, 0.3) is 0 Å². The summed E-state index contributed by atoms with van der Waals surface area (Å²) in [5, 5.41) is 0. The van der Waals surface area contributed by atoms with E-state index >= 15 is 0 Å². The molecule has 3 atom stereocenters. The molecule has 0 spiro atoms. The minimum absolute atomic E-state index is 0.0394. The third kappa shape index (κ3) is 1.77. The zero-order valence-corrected chi connectivity index (χ0v) is 10.6. The summed E-state index contributed by atoms with van der Waals surface area (Å²) in [5.74, 6) is -0.599. The van der Waals surface area contributed by atoms with Gasteiger partial charge in [-0.25, -0.2) is 8.78 Å². The van der Waals surface area contributed by atoms with Gasteiger partial charge in [0.2, 0.25) is 0 Å². The van der Waals surface area contributed by atoms with Crippen molar-refractivity contribution in [1.82, 2.24) is 0 Å². The summed E-state index contributed by atoms with van der Waals surface area (Å²) in [6, 6.07) is 2.71. The summed E-state index contributed by atoms with van der Waals surface area (Å²) in [5.41, 5.74) is 6.73. The van der Waals surface area contributed by atoms with Gasteiger partial charge in [-0.2, -0.15) is 0 Å². The Balaban J connectivity index is 2.39. The van der Waals surface area contributed by atoms with Crippen molar-refractivity contribution in [2.24, 2.45) is 11.1 Å². The van der Waals surface area contributed by atoms with Crippen molar-refractivity contribution in [3.05, 3.63) is 34.9 Å². The van der Waals surface area contributed by atoms with Crippen LogP contribution in [0, 0.1) is 24.0 Å². The van der Waals surface area contributed by atoms with Gasteiger partial charge in [0.05, 0.1) is 0 Å². The van der Waals surface area contributed by atoms with E-state index in [0.29, 0.717) is 11.1 Å². The van der Waals surface area contributed by atoms with Gasteiger partial charge in [0.1, 0.15) is 11.6 Å². The Morgan fingerprint density at radius 1 is 1.35 bits per heavy atom. The lowest BCUT2D eigenvalue weighted by Gasteiger charge is -2.52. The average Bonchev–Trinajstić information content (AvgIpc) is 2.30. The normalized spacial score (nSPS) is 32.4. The fourth-order valence-electron chi connectivity index (χ4n) is 2.81. The molecule has 1 fully saturated rings. The molecule has 3 heteroatoms.